The average molecular weight is 295 g/mol. The van der Waals surface area contributed by atoms with Crippen LogP contribution in [0.1, 0.15) is 45.6 Å². The summed E-state index contributed by atoms with van der Waals surface area (Å²) in [6.07, 6.45) is 4.36. The lowest BCUT2D eigenvalue weighted by Gasteiger charge is -2.19. The Morgan fingerprint density at radius 2 is 2.29 bits per heavy atom. The van der Waals surface area contributed by atoms with Crippen molar-refractivity contribution in [1.29, 1.82) is 0 Å². The van der Waals surface area contributed by atoms with Gasteiger partial charge in [0.1, 0.15) is 11.4 Å². The van der Waals surface area contributed by atoms with E-state index in [1.54, 1.807) is 6.20 Å². The van der Waals surface area contributed by atoms with E-state index in [4.69, 9.17) is 10.5 Å². The molecule has 0 bridgehead atoms. The summed E-state index contributed by atoms with van der Waals surface area (Å²) in [5.41, 5.74) is 6.28. The van der Waals surface area contributed by atoms with Crippen molar-refractivity contribution in [2.45, 2.75) is 64.3 Å². The zero-order chi connectivity index (χ0) is 15.5. The molecule has 0 aliphatic heterocycles. The molecule has 7 heteroatoms. The molecule has 1 heterocycles. The van der Waals surface area contributed by atoms with Gasteiger partial charge in [0, 0.05) is 24.2 Å². The summed E-state index contributed by atoms with van der Waals surface area (Å²) < 4.78 is 5.22. The molecule has 2 unspecified atom stereocenters. The summed E-state index contributed by atoms with van der Waals surface area (Å²) in [6, 6.07) is 0.732. The van der Waals surface area contributed by atoms with E-state index in [9.17, 15) is 4.79 Å². The Bertz CT molecular complexity index is 480. The van der Waals surface area contributed by atoms with Crippen molar-refractivity contribution in [3.8, 4) is 0 Å². The van der Waals surface area contributed by atoms with E-state index < -0.39 is 11.7 Å². The molecule has 1 aromatic rings. The van der Waals surface area contributed by atoms with Crippen molar-refractivity contribution in [3.05, 3.63) is 11.8 Å². The minimum atomic E-state index is -0.525. The summed E-state index contributed by atoms with van der Waals surface area (Å²) >= 11 is 0. The fourth-order valence-electron chi connectivity index (χ4n) is 2.42. The van der Waals surface area contributed by atoms with Crippen LogP contribution in [0.3, 0.4) is 0 Å². The molecule has 1 aliphatic rings. The Morgan fingerprint density at radius 1 is 1.52 bits per heavy atom. The third-order valence-electron chi connectivity index (χ3n) is 3.40. The standard InChI is InChI=1S/C14H25N5O2/c1-14(2,3)21-13(20)18-12-9(8-17-19-12)7-16-11-5-4-10(15)6-11/h8,10-11,16H,4-7,15H2,1-3H3,(H2,17,18,19,20). The second-order valence-electron chi connectivity index (χ2n) is 6.55. The molecule has 1 aromatic heterocycles. The summed E-state index contributed by atoms with van der Waals surface area (Å²) in [4.78, 5) is 11.8. The van der Waals surface area contributed by atoms with E-state index in [1.165, 1.54) is 0 Å². The Hall–Kier alpha value is -1.60. The van der Waals surface area contributed by atoms with Crippen LogP contribution in [0.5, 0.6) is 0 Å². The molecule has 0 aromatic carbocycles. The number of anilines is 1. The monoisotopic (exact) mass is 295 g/mol. The fraction of sp³-hybridized carbons (Fsp3) is 0.714. The summed E-state index contributed by atoms with van der Waals surface area (Å²) in [7, 11) is 0. The summed E-state index contributed by atoms with van der Waals surface area (Å²) in [5.74, 6) is 0.569. The van der Waals surface area contributed by atoms with Crippen molar-refractivity contribution < 1.29 is 9.53 Å². The minimum Gasteiger partial charge on any atom is -0.444 e. The van der Waals surface area contributed by atoms with Gasteiger partial charge in [0.2, 0.25) is 0 Å². The molecular weight excluding hydrogens is 270 g/mol. The Labute approximate surface area is 125 Å². The van der Waals surface area contributed by atoms with Crippen LogP contribution in [-0.4, -0.2) is 34.0 Å². The zero-order valence-electron chi connectivity index (χ0n) is 12.9. The molecule has 1 amide bonds. The number of nitrogens with one attached hydrogen (secondary N) is 3. The van der Waals surface area contributed by atoms with Gasteiger partial charge in [-0.3, -0.25) is 10.4 Å². The fourth-order valence-corrected chi connectivity index (χ4v) is 2.42. The van der Waals surface area contributed by atoms with Gasteiger partial charge in [0.15, 0.2) is 0 Å². The van der Waals surface area contributed by atoms with Crippen LogP contribution in [-0.2, 0) is 11.3 Å². The maximum atomic E-state index is 11.8. The number of carbonyl (C=O) groups excluding carboxylic acids is 1. The number of amides is 1. The molecule has 1 fully saturated rings. The number of aromatic nitrogens is 2. The van der Waals surface area contributed by atoms with E-state index in [-0.39, 0.29) is 0 Å². The van der Waals surface area contributed by atoms with Crippen molar-refractivity contribution >= 4 is 11.9 Å². The quantitative estimate of drug-likeness (QED) is 0.677. The molecule has 2 rings (SSSR count). The zero-order valence-corrected chi connectivity index (χ0v) is 12.9. The van der Waals surface area contributed by atoms with Gasteiger partial charge in [0.05, 0.1) is 6.20 Å². The predicted molar refractivity (Wildman–Crippen MR) is 80.9 cm³/mol. The summed E-state index contributed by atoms with van der Waals surface area (Å²) in [5, 5.41) is 12.9. The second kappa shape index (κ2) is 6.44. The first-order chi connectivity index (χ1) is 9.83. The van der Waals surface area contributed by atoms with E-state index in [0.717, 1.165) is 24.8 Å². The van der Waals surface area contributed by atoms with Crippen LogP contribution in [0.15, 0.2) is 6.20 Å². The number of hydrogen-bond donors (Lipinski definition) is 4. The molecule has 7 nitrogen and oxygen atoms in total. The first-order valence-electron chi connectivity index (χ1n) is 7.34. The van der Waals surface area contributed by atoms with Crippen LogP contribution in [0.2, 0.25) is 0 Å². The molecule has 2 atom stereocenters. The first kappa shape index (κ1) is 15.8. The largest absolute Gasteiger partial charge is 0.444 e. The molecule has 21 heavy (non-hydrogen) atoms. The van der Waals surface area contributed by atoms with Gasteiger partial charge < -0.3 is 15.8 Å². The lowest BCUT2D eigenvalue weighted by molar-refractivity contribution is 0.0635. The topological polar surface area (TPSA) is 105 Å². The Morgan fingerprint density at radius 3 is 2.90 bits per heavy atom. The van der Waals surface area contributed by atoms with Gasteiger partial charge in [-0.25, -0.2) is 4.79 Å². The lowest BCUT2D eigenvalue weighted by atomic mass is 10.2. The highest BCUT2D eigenvalue weighted by Crippen LogP contribution is 2.19. The first-order valence-corrected chi connectivity index (χ1v) is 7.34. The average Bonchev–Trinajstić information content (AvgIpc) is 2.93. The molecule has 0 saturated heterocycles. The van der Waals surface area contributed by atoms with Gasteiger partial charge in [-0.1, -0.05) is 0 Å². The smallest absolute Gasteiger partial charge is 0.413 e. The third kappa shape index (κ3) is 5.02. The van der Waals surface area contributed by atoms with E-state index >= 15 is 0 Å². The van der Waals surface area contributed by atoms with Crippen LogP contribution < -0.4 is 16.4 Å². The molecule has 0 radical (unpaired) electrons. The van der Waals surface area contributed by atoms with E-state index in [0.29, 0.717) is 24.4 Å². The molecule has 5 N–H and O–H groups in total. The number of nitrogens with zero attached hydrogens (tertiary/aromatic N) is 1. The maximum Gasteiger partial charge on any atom is 0.413 e. The van der Waals surface area contributed by atoms with Crippen molar-refractivity contribution in [3.63, 3.8) is 0 Å². The van der Waals surface area contributed by atoms with E-state index in [2.05, 4.69) is 20.8 Å². The van der Waals surface area contributed by atoms with Gasteiger partial charge in [-0.15, -0.1) is 0 Å². The number of ether oxygens (including phenoxy) is 1. The second-order valence-corrected chi connectivity index (χ2v) is 6.55. The normalized spacial score (nSPS) is 22.3. The highest BCUT2D eigenvalue weighted by molar-refractivity contribution is 5.84. The number of rotatable bonds is 4. The number of hydrogen-bond acceptors (Lipinski definition) is 5. The van der Waals surface area contributed by atoms with Crippen molar-refractivity contribution in [2.24, 2.45) is 5.73 Å². The maximum absolute atomic E-state index is 11.8. The molecular formula is C14H25N5O2. The van der Waals surface area contributed by atoms with E-state index in [1.807, 2.05) is 20.8 Å². The molecule has 1 saturated carbocycles. The van der Waals surface area contributed by atoms with Gasteiger partial charge in [-0.05, 0) is 40.0 Å². The van der Waals surface area contributed by atoms with Crippen LogP contribution in [0.25, 0.3) is 0 Å². The molecule has 1 aliphatic carbocycles. The van der Waals surface area contributed by atoms with Crippen molar-refractivity contribution in [2.75, 3.05) is 5.32 Å². The van der Waals surface area contributed by atoms with Crippen LogP contribution >= 0.6 is 0 Å². The lowest BCUT2D eigenvalue weighted by Crippen LogP contribution is -2.29. The number of H-pyrrole nitrogens is 1. The minimum absolute atomic E-state index is 0.297. The van der Waals surface area contributed by atoms with Gasteiger partial charge >= 0.3 is 6.09 Å². The molecule has 0 spiro atoms. The number of aromatic amines is 1. The predicted octanol–water partition coefficient (Wildman–Crippen LogP) is 1.73. The SMILES string of the molecule is CC(C)(C)OC(=O)Nc1[nH]ncc1CNC1CCC(N)C1. The third-order valence-corrected chi connectivity index (χ3v) is 3.40. The van der Waals surface area contributed by atoms with Crippen LogP contribution in [0.4, 0.5) is 10.6 Å². The van der Waals surface area contributed by atoms with Crippen LogP contribution in [0, 0.1) is 0 Å². The van der Waals surface area contributed by atoms with Gasteiger partial charge in [-0.2, -0.15) is 5.10 Å². The highest BCUT2D eigenvalue weighted by Gasteiger charge is 2.22. The van der Waals surface area contributed by atoms with Gasteiger partial charge in [0.25, 0.3) is 0 Å². The Kier molecular flexibility index (Phi) is 4.84. The summed E-state index contributed by atoms with van der Waals surface area (Å²) in [6.45, 7) is 6.11. The highest BCUT2D eigenvalue weighted by atomic mass is 16.6. The molecule has 118 valence electrons. The Balaban J connectivity index is 1.85. The number of nitrogens with two attached hydrogens (primary N) is 1. The number of carbonyl (C=O) groups is 1. The van der Waals surface area contributed by atoms with Crippen molar-refractivity contribution in [1.82, 2.24) is 15.5 Å².